The van der Waals surface area contributed by atoms with E-state index in [0.29, 0.717) is 5.92 Å². The van der Waals surface area contributed by atoms with Crippen LogP contribution in [0.1, 0.15) is 35.6 Å². The Morgan fingerprint density at radius 1 is 1.05 bits per heavy atom. The van der Waals surface area contributed by atoms with Crippen LogP contribution in [0.3, 0.4) is 0 Å². The molecule has 0 radical (unpaired) electrons. The predicted octanol–water partition coefficient (Wildman–Crippen LogP) is 5.01. The minimum absolute atomic E-state index is 0.171. The molecule has 0 saturated heterocycles. The Balaban J connectivity index is 1.88. The first-order valence-corrected chi connectivity index (χ1v) is 7.23. The zero-order valence-corrected chi connectivity index (χ0v) is 12.0. The monoisotopic (exact) mass is 269 g/mol. The summed E-state index contributed by atoms with van der Waals surface area (Å²) in [6, 6.07) is 13.7. The Morgan fingerprint density at radius 2 is 1.75 bits per heavy atom. The number of halogens is 1. The summed E-state index contributed by atoms with van der Waals surface area (Å²) in [5.74, 6) is 0.496. The van der Waals surface area contributed by atoms with E-state index in [4.69, 9.17) is 0 Å². The van der Waals surface area contributed by atoms with Gasteiger partial charge in [-0.1, -0.05) is 24.3 Å². The topological polar surface area (TPSA) is 12.0 Å². The van der Waals surface area contributed by atoms with Gasteiger partial charge in [0.1, 0.15) is 5.82 Å². The number of benzene rings is 2. The van der Waals surface area contributed by atoms with Gasteiger partial charge >= 0.3 is 0 Å². The molecule has 20 heavy (non-hydrogen) atoms. The molecule has 0 amide bonds. The molecule has 1 fully saturated rings. The average molecular weight is 269 g/mol. The largest absolute Gasteiger partial charge is 0.378 e. The second-order valence-electron chi connectivity index (χ2n) is 5.83. The molecule has 0 spiro atoms. The third-order valence-corrected chi connectivity index (χ3v) is 4.03. The molecular formula is C18H20FN. The summed E-state index contributed by atoms with van der Waals surface area (Å²) >= 11 is 0. The Bertz CT molecular complexity index is 599. The number of aryl methyl sites for hydroxylation is 2. The van der Waals surface area contributed by atoms with E-state index >= 15 is 0 Å². The molecule has 104 valence electrons. The molecule has 2 heteroatoms. The van der Waals surface area contributed by atoms with Crippen molar-refractivity contribution < 1.29 is 4.39 Å². The Hall–Kier alpha value is -1.83. The van der Waals surface area contributed by atoms with Crippen LogP contribution < -0.4 is 5.32 Å². The Kier molecular flexibility index (Phi) is 3.47. The molecule has 2 aromatic rings. The molecule has 1 unspecified atom stereocenters. The molecule has 0 aliphatic heterocycles. The van der Waals surface area contributed by atoms with Gasteiger partial charge in [0.2, 0.25) is 0 Å². The van der Waals surface area contributed by atoms with Crippen molar-refractivity contribution in [3.8, 4) is 0 Å². The van der Waals surface area contributed by atoms with E-state index < -0.39 is 0 Å². The molecule has 1 N–H and O–H groups in total. The second-order valence-corrected chi connectivity index (χ2v) is 5.83. The van der Waals surface area contributed by atoms with E-state index in [1.165, 1.54) is 35.2 Å². The maximum absolute atomic E-state index is 13.1. The average Bonchev–Trinajstić information content (AvgIpc) is 3.25. The lowest BCUT2D eigenvalue weighted by Gasteiger charge is -2.22. The van der Waals surface area contributed by atoms with Crippen molar-refractivity contribution >= 4 is 5.69 Å². The van der Waals surface area contributed by atoms with Crippen molar-refractivity contribution in [3.05, 3.63) is 65.0 Å². The van der Waals surface area contributed by atoms with Crippen LogP contribution >= 0.6 is 0 Å². The number of nitrogens with one attached hydrogen (secondary N) is 1. The molecule has 1 aliphatic carbocycles. The van der Waals surface area contributed by atoms with Crippen molar-refractivity contribution in [2.24, 2.45) is 5.92 Å². The van der Waals surface area contributed by atoms with Gasteiger partial charge in [-0.3, -0.25) is 0 Å². The van der Waals surface area contributed by atoms with E-state index in [9.17, 15) is 4.39 Å². The summed E-state index contributed by atoms with van der Waals surface area (Å²) < 4.78 is 13.1. The van der Waals surface area contributed by atoms with Crippen molar-refractivity contribution in [3.63, 3.8) is 0 Å². The first-order chi connectivity index (χ1) is 9.63. The molecule has 1 saturated carbocycles. The summed E-state index contributed by atoms with van der Waals surface area (Å²) in [4.78, 5) is 0. The first-order valence-electron chi connectivity index (χ1n) is 7.23. The highest BCUT2D eigenvalue weighted by atomic mass is 19.1. The van der Waals surface area contributed by atoms with Crippen molar-refractivity contribution in [1.82, 2.24) is 0 Å². The molecule has 1 aliphatic rings. The smallest absolute Gasteiger partial charge is 0.123 e. The summed E-state index contributed by atoms with van der Waals surface area (Å²) in [7, 11) is 0. The van der Waals surface area contributed by atoms with Gasteiger partial charge in [0.25, 0.3) is 0 Å². The first kappa shape index (κ1) is 13.2. The van der Waals surface area contributed by atoms with Gasteiger partial charge in [-0.25, -0.2) is 4.39 Å². The molecule has 1 atom stereocenters. The molecule has 0 heterocycles. The second kappa shape index (κ2) is 5.28. The molecule has 1 nitrogen and oxygen atoms in total. The fourth-order valence-corrected chi connectivity index (χ4v) is 2.63. The van der Waals surface area contributed by atoms with Gasteiger partial charge in [0.05, 0.1) is 6.04 Å². The van der Waals surface area contributed by atoms with Crippen molar-refractivity contribution in [1.29, 1.82) is 0 Å². The molecule has 0 aromatic heterocycles. The number of anilines is 1. The van der Waals surface area contributed by atoms with Gasteiger partial charge in [-0.05, 0) is 67.5 Å². The third kappa shape index (κ3) is 2.84. The standard InChI is InChI=1S/C18H20FN/c1-12-3-4-13(2)17(11-12)20-18(14-5-6-14)15-7-9-16(19)10-8-15/h3-4,7-11,14,18,20H,5-6H2,1-2H3. The third-order valence-electron chi connectivity index (χ3n) is 4.03. The van der Waals surface area contributed by atoms with E-state index in [1.807, 2.05) is 12.1 Å². The number of hydrogen-bond donors (Lipinski definition) is 1. The summed E-state index contributed by atoms with van der Waals surface area (Å²) in [6.45, 7) is 4.23. The molecule has 3 rings (SSSR count). The minimum Gasteiger partial charge on any atom is -0.378 e. The summed E-state index contributed by atoms with van der Waals surface area (Å²) in [5, 5.41) is 3.66. The molecular weight excluding hydrogens is 249 g/mol. The van der Waals surface area contributed by atoms with Gasteiger partial charge < -0.3 is 5.32 Å². The van der Waals surface area contributed by atoms with Crippen LogP contribution in [0.4, 0.5) is 10.1 Å². The van der Waals surface area contributed by atoms with Crippen molar-refractivity contribution in [2.45, 2.75) is 32.7 Å². The van der Waals surface area contributed by atoms with Crippen LogP contribution in [0.2, 0.25) is 0 Å². The Morgan fingerprint density at radius 3 is 2.40 bits per heavy atom. The van der Waals surface area contributed by atoms with Crippen LogP contribution in [0.25, 0.3) is 0 Å². The minimum atomic E-state index is -0.171. The van der Waals surface area contributed by atoms with Gasteiger partial charge in [-0.15, -0.1) is 0 Å². The maximum atomic E-state index is 13.1. The van der Waals surface area contributed by atoms with E-state index in [1.54, 1.807) is 12.1 Å². The normalized spacial score (nSPS) is 15.9. The highest BCUT2D eigenvalue weighted by Crippen LogP contribution is 2.43. The van der Waals surface area contributed by atoms with Crippen LogP contribution in [0.15, 0.2) is 42.5 Å². The van der Waals surface area contributed by atoms with Crippen LogP contribution in [0, 0.1) is 25.6 Å². The lowest BCUT2D eigenvalue weighted by molar-refractivity contribution is 0.622. The van der Waals surface area contributed by atoms with E-state index in [-0.39, 0.29) is 11.9 Å². The van der Waals surface area contributed by atoms with E-state index in [0.717, 1.165) is 0 Å². The lowest BCUT2D eigenvalue weighted by Crippen LogP contribution is -2.13. The molecule has 2 aromatic carbocycles. The highest BCUT2D eigenvalue weighted by Gasteiger charge is 2.32. The van der Waals surface area contributed by atoms with Crippen molar-refractivity contribution in [2.75, 3.05) is 5.32 Å². The zero-order chi connectivity index (χ0) is 14.1. The highest BCUT2D eigenvalue weighted by molar-refractivity contribution is 5.54. The van der Waals surface area contributed by atoms with Gasteiger partial charge in [0, 0.05) is 5.69 Å². The quantitative estimate of drug-likeness (QED) is 0.823. The number of rotatable bonds is 4. The van der Waals surface area contributed by atoms with E-state index in [2.05, 4.69) is 37.4 Å². The fourth-order valence-electron chi connectivity index (χ4n) is 2.63. The summed E-state index contributed by atoms with van der Waals surface area (Å²) in [6.07, 6.45) is 2.50. The van der Waals surface area contributed by atoms with Gasteiger partial charge in [0.15, 0.2) is 0 Å². The maximum Gasteiger partial charge on any atom is 0.123 e. The lowest BCUT2D eigenvalue weighted by atomic mass is 10.0. The zero-order valence-electron chi connectivity index (χ0n) is 12.0. The predicted molar refractivity (Wildman–Crippen MR) is 81.4 cm³/mol. The van der Waals surface area contributed by atoms with Crippen LogP contribution in [-0.2, 0) is 0 Å². The fraction of sp³-hybridized carbons (Fsp3) is 0.333. The van der Waals surface area contributed by atoms with Gasteiger partial charge in [-0.2, -0.15) is 0 Å². The number of hydrogen-bond acceptors (Lipinski definition) is 1. The van der Waals surface area contributed by atoms with Crippen LogP contribution in [0.5, 0.6) is 0 Å². The summed E-state index contributed by atoms with van der Waals surface area (Å²) in [5.41, 5.74) is 4.87. The van der Waals surface area contributed by atoms with Crippen LogP contribution in [-0.4, -0.2) is 0 Å². The SMILES string of the molecule is Cc1ccc(C)c(NC(c2ccc(F)cc2)C2CC2)c1. The molecule has 0 bridgehead atoms. The Labute approximate surface area is 119 Å².